The van der Waals surface area contributed by atoms with Gasteiger partial charge in [0.25, 0.3) is 6.43 Å². The van der Waals surface area contributed by atoms with E-state index in [0.29, 0.717) is 5.56 Å². The molecule has 0 fully saturated rings. The van der Waals surface area contributed by atoms with E-state index in [1.165, 1.54) is 0 Å². The number of benzene rings is 1. The zero-order valence-electron chi connectivity index (χ0n) is 8.40. The van der Waals surface area contributed by atoms with Crippen molar-refractivity contribution in [1.82, 2.24) is 5.32 Å². The highest BCUT2D eigenvalue weighted by atomic mass is 35.5. The summed E-state index contributed by atoms with van der Waals surface area (Å²) in [6, 6.07) is 7.70. The normalized spacial score (nSPS) is 11.8. The summed E-state index contributed by atoms with van der Waals surface area (Å²) in [4.78, 5) is 11.3. The highest BCUT2D eigenvalue weighted by Crippen LogP contribution is 2.09. The smallest absolute Gasteiger partial charge is 0.255 e. The predicted octanol–water partition coefficient (Wildman–Crippen LogP) is 1.49. The summed E-state index contributed by atoms with van der Waals surface area (Å²) < 4.78 is 23.6. The maximum absolute atomic E-state index is 11.8. The molecule has 0 spiro atoms. The molecule has 1 unspecified atom stereocenters. The summed E-state index contributed by atoms with van der Waals surface area (Å²) in [6.07, 6.45) is -2.56. The lowest BCUT2D eigenvalue weighted by Gasteiger charge is -2.11. The van der Waals surface area contributed by atoms with Crippen LogP contribution in [0.4, 0.5) is 8.78 Å². The summed E-state index contributed by atoms with van der Waals surface area (Å²) in [5.74, 6) is -0.596. The SMILES string of the molecule is Cl.NC(C(=O)NCC(F)F)c1ccccc1. The van der Waals surface area contributed by atoms with Gasteiger partial charge in [-0.1, -0.05) is 30.3 Å². The Morgan fingerprint density at radius 2 is 1.88 bits per heavy atom. The molecule has 1 aromatic carbocycles. The number of carbonyl (C=O) groups is 1. The lowest BCUT2D eigenvalue weighted by atomic mass is 10.1. The molecule has 0 saturated heterocycles. The summed E-state index contributed by atoms with van der Waals surface area (Å²) in [6.45, 7) is -0.667. The number of nitrogens with two attached hydrogens (primary N) is 1. The average molecular weight is 251 g/mol. The van der Waals surface area contributed by atoms with Crippen LogP contribution < -0.4 is 11.1 Å². The van der Waals surface area contributed by atoms with Crippen LogP contribution in [0.1, 0.15) is 11.6 Å². The van der Waals surface area contributed by atoms with Crippen molar-refractivity contribution >= 4 is 18.3 Å². The van der Waals surface area contributed by atoms with E-state index in [1.807, 2.05) is 0 Å². The quantitative estimate of drug-likeness (QED) is 0.851. The van der Waals surface area contributed by atoms with Gasteiger partial charge in [0.05, 0.1) is 6.54 Å². The molecule has 3 nitrogen and oxygen atoms in total. The first-order chi connectivity index (χ1) is 7.11. The van der Waals surface area contributed by atoms with Gasteiger partial charge in [-0.25, -0.2) is 8.78 Å². The number of hydrogen-bond acceptors (Lipinski definition) is 2. The lowest BCUT2D eigenvalue weighted by molar-refractivity contribution is -0.123. The fourth-order valence-electron chi connectivity index (χ4n) is 1.10. The average Bonchev–Trinajstić information content (AvgIpc) is 2.26. The molecular formula is C10H13ClF2N2O. The summed E-state index contributed by atoms with van der Waals surface area (Å²) in [7, 11) is 0. The zero-order chi connectivity index (χ0) is 11.3. The van der Waals surface area contributed by atoms with E-state index in [2.05, 4.69) is 5.32 Å². The first-order valence-corrected chi connectivity index (χ1v) is 4.47. The van der Waals surface area contributed by atoms with Gasteiger partial charge in [-0.05, 0) is 5.56 Å². The Labute approximate surface area is 98.4 Å². The van der Waals surface area contributed by atoms with Crippen molar-refractivity contribution in [3.8, 4) is 0 Å². The van der Waals surface area contributed by atoms with E-state index < -0.39 is 24.9 Å². The van der Waals surface area contributed by atoms with E-state index in [4.69, 9.17) is 5.73 Å². The number of halogens is 3. The van der Waals surface area contributed by atoms with Crippen LogP contribution in [0.2, 0.25) is 0 Å². The molecule has 6 heteroatoms. The molecule has 0 bridgehead atoms. The molecule has 0 radical (unpaired) electrons. The third-order valence-electron chi connectivity index (χ3n) is 1.87. The van der Waals surface area contributed by atoms with Crippen LogP contribution in [0.25, 0.3) is 0 Å². The van der Waals surface area contributed by atoms with Gasteiger partial charge in [-0.2, -0.15) is 0 Å². The number of hydrogen-bond donors (Lipinski definition) is 2. The maximum Gasteiger partial charge on any atom is 0.255 e. The van der Waals surface area contributed by atoms with Crippen molar-refractivity contribution in [1.29, 1.82) is 0 Å². The first-order valence-electron chi connectivity index (χ1n) is 4.47. The zero-order valence-corrected chi connectivity index (χ0v) is 9.21. The minimum Gasteiger partial charge on any atom is -0.349 e. The van der Waals surface area contributed by atoms with E-state index in [-0.39, 0.29) is 12.4 Å². The molecule has 1 rings (SSSR count). The summed E-state index contributed by atoms with van der Waals surface area (Å²) in [5.41, 5.74) is 6.17. The lowest BCUT2D eigenvalue weighted by Crippen LogP contribution is -2.36. The van der Waals surface area contributed by atoms with E-state index in [9.17, 15) is 13.6 Å². The predicted molar refractivity (Wildman–Crippen MR) is 59.6 cm³/mol. The van der Waals surface area contributed by atoms with Crippen molar-refractivity contribution in [2.45, 2.75) is 12.5 Å². The number of rotatable bonds is 4. The number of alkyl halides is 2. The van der Waals surface area contributed by atoms with Crippen molar-refractivity contribution in [3.63, 3.8) is 0 Å². The molecule has 0 heterocycles. The van der Waals surface area contributed by atoms with Gasteiger partial charge in [-0.3, -0.25) is 4.79 Å². The van der Waals surface area contributed by atoms with Crippen LogP contribution in [0.5, 0.6) is 0 Å². The minimum absolute atomic E-state index is 0. The molecule has 0 aliphatic heterocycles. The Balaban J connectivity index is 0.00000225. The highest BCUT2D eigenvalue weighted by Gasteiger charge is 2.16. The van der Waals surface area contributed by atoms with Gasteiger partial charge in [0.2, 0.25) is 5.91 Å². The van der Waals surface area contributed by atoms with E-state index in [1.54, 1.807) is 30.3 Å². The van der Waals surface area contributed by atoms with Crippen LogP contribution in [0, 0.1) is 0 Å². The van der Waals surface area contributed by atoms with Gasteiger partial charge >= 0.3 is 0 Å². The number of carbonyl (C=O) groups excluding carboxylic acids is 1. The molecule has 1 atom stereocenters. The number of nitrogens with one attached hydrogen (secondary N) is 1. The molecule has 1 aromatic rings. The van der Waals surface area contributed by atoms with Crippen LogP contribution in [-0.4, -0.2) is 18.9 Å². The van der Waals surface area contributed by atoms with Gasteiger partial charge < -0.3 is 11.1 Å². The van der Waals surface area contributed by atoms with E-state index >= 15 is 0 Å². The Bertz CT molecular complexity index is 322. The standard InChI is InChI=1S/C10H12F2N2O.ClH/c11-8(12)6-14-10(15)9(13)7-4-2-1-3-5-7;/h1-5,8-9H,6,13H2,(H,14,15);1H. The Morgan fingerprint density at radius 3 is 2.38 bits per heavy atom. The second kappa shape index (κ2) is 7.14. The molecule has 1 amide bonds. The van der Waals surface area contributed by atoms with Crippen molar-refractivity contribution < 1.29 is 13.6 Å². The third-order valence-corrected chi connectivity index (χ3v) is 1.87. The highest BCUT2D eigenvalue weighted by molar-refractivity contribution is 5.85. The molecule has 0 aliphatic rings. The fraction of sp³-hybridized carbons (Fsp3) is 0.300. The molecule has 0 saturated carbocycles. The molecular weight excluding hydrogens is 238 g/mol. The largest absolute Gasteiger partial charge is 0.349 e. The number of amides is 1. The van der Waals surface area contributed by atoms with E-state index in [0.717, 1.165) is 0 Å². The molecule has 90 valence electrons. The molecule has 0 aliphatic carbocycles. The molecule has 16 heavy (non-hydrogen) atoms. The van der Waals surface area contributed by atoms with Crippen molar-refractivity contribution in [2.75, 3.05) is 6.54 Å². The van der Waals surface area contributed by atoms with Crippen LogP contribution >= 0.6 is 12.4 Å². The van der Waals surface area contributed by atoms with Crippen molar-refractivity contribution in [2.24, 2.45) is 5.73 Å². The maximum atomic E-state index is 11.8. The van der Waals surface area contributed by atoms with Gasteiger partial charge in [0.1, 0.15) is 6.04 Å². The van der Waals surface area contributed by atoms with Crippen molar-refractivity contribution in [3.05, 3.63) is 35.9 Å². The Morgan fingerprint density at radius 1 is 1.31 bits per heavy atom. The summed E-state index contributed by atoms with van der Waals surface area (Å²) in [5, 5.41) is 2.07. The Hall–Kier alpha value is -1.20. The molecule has 3 N–H and O–H groups in total. The van der Waals surface area contributed by atoms with Gasteiger partial charge in [0.15, 0.2) is 0 Å². The fourth-order valence-corrected chi connectivity index (χ4v) is 1.10. The summed E-state index contributed by atoms with van der Waals surface area (Å²) >= 11 is 0. The van der Waals surface area contributed by atoms with Crippen LogP contribution in [-0.2, 0) is 4.79 Å². The Kier molecular flexibility index (Phi) is 6.60. The second-order valence-electron chi connectivity index (χ2n) is 3.02. The first kappa shape index (κ1) is 14.8. The monoisotopic (exact) mass is 250 g/mol. The minimum atomic E-state index is -2.56. The van der Waals surface area contributed by atoms with Crippen LogP contribution in [0.3, 0.4) is 0 Å². The van der Waals surface area contributed by atoms with Gasteiger partial charge in [-0.15, -0.1) is 12.4 Å². The third kappa shape index (κ3) is 4.55. The van der Waals surface area contributed by atoms with Gasteiger partial charge in [0, 0.05) is 0 Å². The second-order valence-corrected chi connectivity index (χ2v) is 3.02. The molecule has 0 aromatic heterocycles. The van der Waals surface area contributed by atoms with Crippen LogP contribution in [0.15, 0.2) is 30.3 Å². The topological polar surface area (TPSA) is 55.1 Å².